The minimum atomic E-state index is -1.37. The van der Waals surface area contributed by atoms with Crippen molar-refractivity contribution in [1.29, 1.82) is 0 Å². The summed E-state index contributed by atoms with van der Waals surface area (Å²) in [6.45, 7) is 7.21. The number of nitrogens with one attached hydrogen (secondary N) is 2. The summed E-state index contributed by atoms with van der Waals surface area (Å²) in [6.07, 6.45) is 0.137. The third kappa shape index (κ3) is 7.75. The average Bonchev–Trinajstić information content (AvgIpc) is 3.39. The van der Waals surface area contributed by atoms with Gasteiger partial charge in [0.2, 0.25) is 11.8 Å². The van der Waals surface area contributed by atoms with Gasteiger partial charge in [-0.3, -0.25) is 19.3 Å². The van der Waals surface area contributed by atoms with E-state index in [0.29, 0.717) is 42.7 Å². The van der Waals surface area contributed by atoms with Crippen molar-refractivity contribution in [3.63, 3.8) is 0 Å². The quantitative estimate of drug-likeness (QED) is 0.299. The molecule has 0 aromatic heterocycles. The highest BCUT2D eigenvalue weighted by Gasteiger charge is 2.44. The number of rotatable bonds is 8. The van der Waals surface area contributed by atoms with E-state index < -0.39 is 64.9 Å². The molecule has 1 fully saturated rings. The molecule has 2 heterocycles. The number of carbonyl (C=O) groups is 4. The second-order valence-corrected chi connectivity index (χ2v) is 12.2. The summed E-state index contributed by atoms with van der Waals surface area (Å²) in [4.78, 5) is 56.6. The summed E-state index contributed by atoms with van der Waals surface area (Å²) in [5, 5.41) is 16.6. The number of amides is 4. The maximum atomic E-state index is 14.5. The molecule has 12 nitrogen and oxygen atoms in total. The van der Waals surface area contributed by atoms with Crippen LogP contribution in [0.3, 0.4) is 0 Å². The number of nitrogens with zero attached hydrogens (tertiary/aromatic N) is 2. The summed E-state index contributed by atoms with van der Waals surface area (Å²) in [7, 11) is 1.41. The lowest BCUT2D eigenvalue weighted by molar-refractivity contribution is -0.497. The van der Waals surface area contributed by atoms with Crippen LogP contribution < -0.4 is 16.1 Å². The van der Waals surface area contributed by atoms with Crippen LogP contribution in [0.1, 0.15) is 57.7 Å². The minimum absolute atomic E-state index is 0.0614. The summed E-state index contributed by atoms with van der Waals surface area (Å²) >= 11 is 0. The molecule has 4 N–H and O–H groups in total. The van der Waals surface area contributed by atoms with E-state index in [4.69, 9.17) is 9.47 Å². The fraction of sp³-hybridized carbons (Fsp3) is 0.484. The molecule has 4 amide bonds. The first-order valence-corrected chi connectivity index (χ1v) is 14.7. The number of fused-ring (bicyclic) bond motifs is 1. The summed E-state index contributed by atoms with van der Waals surface area (Å²) in [5.41, 5.74) is 0.228. The second kappa shape index (κ2) is 13.9. The van der Waals surface area contributed by atoms with Gasteiger partial charge in [0.25, 0.3) is 5.91 Å². The fourth-order valence-electron chi connectivity index (χ4n) is 5.38. The molecule has 0 unspecified atom stereocenters. The van der Waals surface area contributed by atoms with Gasteiger partial charge in [-0.05, 0) is 75.8 Å². The number of likely N-dealkylation sites (N-methyl/N-ethyl adjacent to an activating group) is 1. The van der Waals surface area contributed by atoms with Crippen molar-refractivity contribution in [3.8, 4) is 0 Å². The van der Waals surface area contributed by atoms with Crippen LogP contribution in [0.2, 0.25) is 0 Å². The number of anilines is 1. The number of hydrogen-bond donors (Lipinski definition) is 3. The zero-order valence-corrected chi connectivity index (χ0v) is 25.9. The topological polar surface area (TPSA) is 157 Å². The number of ether oxygens (including phenoxy) is 2. The van der Waals surface area contributed by atoms with Crippen LogP contribution in [0.4, 0.5) is 25.0 Å². The Kier molecular flexibility index (Phi) is 10.4. The van der Waals surface area contributed by atoms with E-state index in [1.165, 1.54) is 31.0 Å². The largest absolute Gasteiger partial charge is 0.630 e. The van der Waals surface area contributed by atoms with Gasteiger partial charge in [-0.1, -0.05) is 12.1 Å². The highest BCUT2D eigenvalue weighted by Crippen LogP contribution is 2.38. The normalized spacial score (nSPS) is 18.0. The molecule has 0 aliphatic carbocycles. The Morgan fingerprint density at radius 1 is 1.11 bits per heavy atom. The lowest BCUT2D eigenvalue weighted by Crippen LogP contribution is -2.70. The molecule has 3 atom stereocenters. The molecular formula is C31H39F2N5O7. The van der Waals surface area contributed by atoms with Crippen LogP contribution in [0.25, 0.3) is 0 Å². The van der Waals surface area contributed by atoms with Crippen molar-refractivity contribution in [2.75, 3.05) is 25.6 Å². The first kappa shape index (κ1) is 33.7. The number of halogens is 2. The molecule has 1 saturated heterocycles. The highest BCUT2D eigenvalue weighted by atomic mass is 19.1. The molecule has 4 rings (SSSR count). The summed E-state index contributed by atoms with van der Waals surface area (Å²) in [6, 6.07) is 4.21. The number of quaternary nitrogens is 1. The number of benzene rings is 2. The Hall–Kier alpha value is -4.14. The van der Waals surface area contributed by atoms with Crippen LogP contribution in [0.5, 0.6) is 0 Å². The van der Waals surface area contributed by atoms with Gasteiger partial charge in [-0.2, -0.15) is 0 Å². The van der Waals surface area contributed by atoms with Gasteiger partial charge in [0.15, 0.2) is 0 Å². The van der Waals surface area contributed by atoms with Gasteiger partial charge < -0.3 is 35.7 Å². The molecule has 244 valence electrons. The summed E-state index contributed by atoms with van der Waals surface area (Å²) in [5.74, 6) is -4.52. The highest BCUT2D eigenvalue weighted by molar-refractivity contribution is 6.00. The third-order valence-corrected chi connectivity index (χ3v) is 7.94. The number of hydrogen-bond acceptors (Lipinski definition) is 7. The average molecular weight is 632 g/mol. The molecule has 2 aliphatic heterocycles. The molecular weight excluding hydrogens is 592 g/mol. The van der Waals surface area contributed by atoms with Gasteiger partial charge in [0.05, 0.1) is 0 Å². The molecule has 2 aromatic rings. The molecule has 2 aromatic carbocycles. The van der Waals surface area contributed by atoms with E-state index in [1.54, 1.807) is 26.8 Å². The molecule has 14 heteroatoms. The third-order valence-electron chi connectivity index (χ3n) is 7.94. The SMILES string of the molecule is C[C@@H](C(=O)N[C@H](C(=O)N1Cc2ccc([NH2+][O-])cc2[C@H]1C(=O)Nc1c(F)cccc1F)C1CCOCC1)N(C)C(=O)OC(C)(C)C. The van der Waals surface area contributed by atoms with E-state index in [2.05, 4.69) is 10.6 Å². The summed E-state index contributed by atoms with van der Waals surface area (Å²) < 4.78 is 39.8. The maximum absolute atomic E-state index is 14.5. The van der Waals surface area contributed by atoms with Crippen LogP contribution in [0.15, 0.2) is 36.4 Å². The first-order chi connectivity index (χ1) is 21.2. The van der Waals surface area contributed by atoms with Gasteiger partial charge in [0, 0.05) is 32.9 Å². The van der Waals surface area contributed by atoms with Gasteiger partial charge in [-0.15, -0.1) is 0 Å². The second-order valence-electron chi connectivity index (χ2n) is 12.2. The van der Waals surface area contributed by atoms with Crippen LogP contribution in [0, 0.1) is 22.8 Å². The Balaban J connectivity index is 1.66. The van der Waals surface area contributed by atoms with Crippen LogP contribution >= 0.6 is 0 Å². The molecule has 45 heavy (non-hydrogen) atoms. The lowest BCUT2D eigenvalue weighted by Gasteiger charge is -2.36. The Morgan fingerprint density at radius 2 is 1.76 bits per heavy atom. The maximum Gasteiger partial charge on any atom is 0.410 e. The zero-order chi connectivity index (χ0) is 33.1. The van der Waals surface area contributed by atoms with Crippen LogP contribution in [-0.2, 0) is 30.4 Å². The molecule has 0 spiro atoms. The van der Waals surface area contributed by atoms with Gasteiger partial charge in [0.1, 0.15) is 46.7 Å². The number of nitrogens with two attached hydrogens (primary N) is 1. The Bertz CT molecular complexity index is 1420. The van der Waals surface area contributed by atoms with Crippen molar-refractivity contribution in [2.24, 2.45) is 5.92 Å². The van der Waals surface area contributed by atoms with Gasteiger partial charge in [-0.25, -0.2) is 13.6 Å². The van der Waals surface area contributed by atoms with E-state index in [0.717, 1.165) is 23.1 Å². The zero-order valence-electron chi connectivity index (χ0n) is 25.9. The Morgan fingerprint density at radius 3 is 2.36 bits per heavy atom. The van der Waals surface area contributed by atoms with Crippen molar-refractivity contribution >= 4 is 35.2 Å². The lowest BCUT2D eigenvalue weighted by atomic mass is 9.90. The molecule has 0 saturated carbocycles. The number of carbonyl (C=O) groups excluding carboxylic acids is 4. The van der Waals surface area contributed by atoms with Crippen molar-refractivity contribution in [2.45, 2.75) is 70.8 Å². The van der Waals surface area contributed by atoms with Crippen molar-refractivity contribution in [1.82, 2.24) is 15.1 Å². The van der Waals surface area contributed by atoms with Crippen LogP contribution in [-0.4, -0.2) is 71.6 Å². The smallest absolute Gasteiger partial charge is 0.410 e. The monoisotopic (exact) mass is 631 g/mol. The van der Waals surface area contributed by atoms with E-state index in [-0.39, 0.29) is 18.2 Å². The fourth-order valence-corrected chi connectivity index (χ4v) is 5.38. The van der Waals surface area contributed by atoms with Gasteiger partial charge >= 0.3 is 6.09 Å². The minimum Gasteiger partial charge on any atom is -0.630 e. The molecule has 0 radical (unpaired) electrons. The predicted molar refractivity (Wildman–Crippen MR) is 159 cm³/mol. The predicted octanol–water partition coefficient (Wildman–Crippen LogP) is 2.85. The van der Waals surface area contributed by atoms with E-state index in [1.807, 2.05) is 0 Å². The van der Waals surface area contributed by atoms with E-state index >= 15 is 0 Å². The van der Waals surface area contributed by atoms with Crippen molar-refractivity contribution in [3.05, 3.63) is 64.4 Å². The van der Waals surface area contributed by atoms with E-state index in [9.17, 15) is 33.2 Å². The molecule has 2 aliphatic rings. The Labute approximate surface area is 260 Å². The standard InChI is InChI=1S/C31H39F2N5O7/c1-17(37(5)30(42)45-31(2,3)4)27(39)34-24(18-11-13-44-14-12-18)29(41)38-16-19-9-10-20(36-43)15-21(19)26(38)28(40)35-25-22(32)7-6-8-23(25)33/h6-10,15,17-18,24,26H,11-14,16,36H2,1-5H3,(H,34,39)(H,35,40)/t17-,24-,26-/m0/s1. The first-order valence-electron chi connectivity index (χ1n) is 14.7. The van der Waals surface area contributed by atoms with Crippen molar-refractivity contribution < 1.29 is 42.9 Å². The number of para-hydroxylation sites is 1. The molecule has 0 bridgehead atoms.